The van der Waals surface area contributed by atoms with Gasteiger partial charge in [-0.1, -0.05) is 6.07 Å². The number of anilines is 1. The van der Waals surface area contributed by atoms with Crippen LogP contribution in [0.5, 0.6) is 5.75 Å². The molecular weight excluding hydrogens is 364 g/mol. The first-order chi connectivity index (χ1) is 13.9. The van der Waals surface area contributed by atoms with Gasteiger partial charge >= 0.3 is 0 Å². The summed E-state index contributed by atoms with van der Waals surface area (Å²) in [5, 5.41) is 16.5. The second-order valence-electron chi connectivity index (χ2n) is 7.46. The predicted molar refractivity (Wildman–Crippen MR) is 114 cm³/mol. The van der Waals surface area contributed by atoms with Crippen LogP contribution in [-0.4, -0.2) is 32.1 Å². The number of hydrogen-bond acceptors (Lipinski definition) is 5. The molecule has 3 aromatic heterocycles. The van der Waals surface area contributed by atoms with Gasteiger partial charge in [0.05, 0.1) is 24.7 Å². The molecule has 2 N–H and O–H groups in total. The number of pyridine rings is 1. The minimum Gasteiger partial charge on any atom is -0.496 e. The number of methoxy groups -OCH3 is 1. The quantitative estimate of drug-likeness (QED) is 0.519. The Kier molecular flexibility index (Phi) is 4.96. The maximum absolute atomic E-state index is 5.57. The van der Waals surface area contributed by atoms with E-state index in [1.807, 2.05) is 24.6 Å². The Bertz CT molecular complexity index is 1170. The summed E-state index contributed by atoms with van der Waals surface area (Å²) in [7, 11) is 1.70. The SMILES string of the molecule is COc1ccc(CNc2n[nH]c3nc(C)cc(C)c23)cc1Cn1nc(C)cc1C. The van der Waals surface area contributed by atoms with Crippen molar-refractivity contribution < 1.29 is 4.74 Å². The highest BCUT2D eigenvalue weighted by Crippen LogP contribution is 2.25. The van der Waals surface area contributed by atoms with Gasteiger partial charge in [0.2, 0.25) is 0 Å². The van der Waals surface area contributed by atoms with E-state index >= 15 is 0 Å². The highest BCUT2D eigenvalue weighted by Gasteiger charge is 2.12. The van der Waals surface area contributed by atoms with Crippen LogP contribution < -0.4 is 10.1 Å². The second kappa shape index (κ2) is 7.58. The van der Waals surface area contributed by atoms with E-state index in [1.165, 1.54) is 0 Å². The largest absolute Gasteiger partial charge is 0.496 e. The fraction of sp³-hybridized carbons (Fsp3) is 0.318. The molecule has 0 saturated carbocycles. The third-order valence-corrected chi connectivity index (χ3v) is 5.08. The van der Waals surface area contributed by atoms with E-state index in [9.17, 15) is 0 Å². The molecule has 0 aliphatic carbocycles. The molecule has 150 valence electrons. The number of ether oxygens (including phenoxy) is 1. The van der Waals surface area contributed by atoms with Crippen molar-refractivity contribution in [1.82, 2.24) is 25.0 Å². The number of H-pyrrole nitrogens is 1. The number of aromatic amines is 1. The molecule has 0 amide bonds. The van der Waals surface area contributed by atoms with Gasteiger partial charge < -0.3 is 10.1 Å². The van der Waals surface area contributed by atoms with Gasteiger partial charge in [0.15, 0.2) is 11.5 Å². The van der Waals surface area contributed by atoms with Crippen LogP contribution in [0.3, 0.4) is 0 Å². The van der Waals surface area contributed by atoms with E-state index in [1.54, 1.807) is 7.11 Å². The molecule has 0 fully saturated rings. The monoisotopic (exact) mass is 390 g/mol. The lowest BCUT2D eigenvalue weighted by Crippen LogP contribution is -2.07. The molecule has 0 saturated heterocycles. The van der Waals surface area contributed by atoms with Gasteiger partial charge in [-0.15, -0.1) is 0 Å². The number of hydrogen-bond donors (Lipinski definition) is 2. The smallest absolute Gasteiger partial charge is 0.157 e. The van der Waals surface area contributed by atoms with E-state index in [0.29, 0.717) is 13.1 Å². The average Bonchev–Trinajstić information content (AvgIpc) is 3.22. The fourth-order valence-corrected chi connectivity index (χ4v) is 3.76. The van der Waals surface area contributed by atoms with Crippen LogP contribution in [0.2, 0.25) is 0 Å². The molecular formula is C22H26N6O. The Balaban J connectivity index is 1.57. The number of nitrogens with one attached hydrogen (secondary N) is 2. The van der Waals surface area contributed by atoms with Crippen LogP contribution in [0, 0.1) is 27.7 Å². The van der Waals surface area contributed by atoms with Crippen LogP contribution in [0.15, 0.2) is 30.3 Å². The minimum absolute atomic E-state index is 0.654. The summed E-state index contributed by atoms with van der Waals surface area (Å²) < 4.78 is 7.57. The van der Waals surface area contributed by atoms with Crippen LogP contribution in [0.4, 0.5) is 5.82 Å². The molecule has 0 bridgehead atoms. The average molecular weight is 390 g/mol. The van der Waals surface area contributed by atoms with Gasteiger partial charge in [-0.25, -0.2) is 4.98 Å². The van der Waals surface area contributed by atoms with Gasteiger partial charge in [-0.3, -0.25) is 9.78 Å². The van der Waals surface area contributed by atoms with Crippen molar-refractivity contribution in [2.45, 2.75) is 40.8 Å². The number of aryl methyl sites for hydroxylation is 4. The lowest BCUT2D eigenvalue weighted by molar-refractivity contribution is 0.407. The highest BCUT2D eigenvalue weighted by molar-refractivity contribution is 5.90. The third kappa shape index (κ3) is 3.81. The summed E-state index contributed by atoms with van der Waals surface area (Å²) in [5.74, 6) is 1.68. The summed E-state index contributed by atoms with van der Waals surface area (Å²) in [6.45, 7) is 9.47. The molecule has 0 radical (unpaired) electrons. The van der Waals surface area contributed by atoms with Crippen molar-refractivity contribution in [1.29, 1.82) is 0 Å². The Labute approximate surface area is 170 Å². The van der Waals surface area contributed by atoms with Crippen LogP contribution >= 0.6 is 0 Å². The minimum atomic E-state index is 0.654. The topological polar surface area (TPSA) is 80.6 Å². The van der Waals surface area contributed by atoms with E-state index in [4.69, 9.17) is 4.74 Å². The standard InChI is InChI=1S/C22H26N6O/c1-13-8-14(2)24-22-20(13)21(25-26-22)23-11-17-6-7-19(29-5)18(10-17)12-28-16(4)9-15(3)27-28/h6-10H,11-12H2,1-5H3,(H2,23,24,25,26). The van der Waals surface area contributed by atoms with Gasteiger partial charge in [-0.05, 0) is 63.1 Å². The van der Waals surface area contributed by atoms with Gasteiger partial charge in [0, 0.05) is 23.5 Å². The molecule has 1 aromatic carbocycles. The lowest BCUT2D eigenvalue weighted by Gasteiger charge is -2.13. The molecule has 4 rings (SSSR count). The maximum Gasteiger partial charge on any atom is 0.157 e. The Morgan fingerprint density at radius 1 is 1.07 bits per heavy atom. The third-order valence-electron chi connectivity index (χ3n) is 5.08. The van der Waals surface area contributed by atoms with Gasteiger partial charge in [-0.2, -0.15) is 10.2 Å². The summed E-state index contributed by atoms with van der Waals surface area (Å²) in [6, 6.07) is 10.4. The zero-order chi connectivity index (χ0) is 20.5. The van der Waals surface area contributed by atoms with Crippen LogP contribution in [0.25, 0.3) is 11.0 Å². The van der Waals surface area contributed by atoms with E-state index in [0.717, 1.165) is 56.4 Å². The van der Waals surface area contributed by atoms with Crippen LogP contribution in [0.1, 0.15) is 33.8 Å². The van der Waals surface area contributed by atoms with Crippen molar-refractivity contribution in [3.8, 4) is 5.75 Å². The summed E-state index contributed by atoms with van der Waals surface area (Å²) in [5.41, 5.74) is 7.34. The van der Waals surface area contributed by atoms with Crippen molar-refractivity contribution in [2.75, 3.05) is 12.4 Å². The molecule has 4 aromatic rings. The first-order valence-electron chi connectivity index (χ1n) is 9.67. The van der Waals surface area contributed by atoms with Crippen molar-refractivity contribution >= 4 is 16.9 Å². The molecule has 29 heavy (non-hydrogen) atoms. The van der Waals surface area contributed by atoms with Gasteiger partial charge in [0.1, 0.15) is 5.75 Å². The summed E-state index contributed by atoms with van der Waals surface area (Å²) >= 11 is 0. The number of aromatic nitrogens is 5. The Hall–Kier alpha value is -3.35. The number of fused-ring (bicyclic) bond motifs is 1. The molecule has 0 aliphatic heterocycles. The number of benzene rings is 1. The highest BCUT2D eigenvalue weighted by atomic mass is 16.5. The maximum atomic E-state index is 5.57. The second-order valence-corrected chi connectivity index (χ2v) is 7.46. The molecule has 7 heteroatoms. The molecule has 0 unspecified atom stereocenters. The van der Waals surface area contributed by atoms with Crippen LogP contribution in [-0.2, 0) is 13.1 Å². The molecule has 3 heterocycles. The number of nitrogens with zero attached hydrogens (tertiary/aromatic N) is 4. The van der Waals surface area contributed by atoms with E-state index in [2.05, 4.69) is 63.7 Å². The number of rotatable bonds is 6. The summed E-state index contributed by atoms with van der Waals surface area (Å²) in [6.07, 6.45) is 0. The molecule has 0 spiro atoms. The normalized spacial score (nSPS) is 11.2. The molecule has 0 atom stereocenters. The molecule has 0 aliphatic rings. The van der Waals surface area contributed by atoms with Crippen molar-refractivity contribution in [3.63, 3.8) is 0 Å². The van der Waals surface area contributed by atoms with Gasteiger partial charge in [0.25, 0.3) is 0 Å². The first kappa shape index (κ1) is 19.0. The molecule has 7 nitrogen and oxygen atoms in total. The van der Waals surface area contributed by atoms with E-state index < -0.39 is 0 Å². The zero-order valence-corrected chi connectivity index (χ0v) is 17.5. The van der Waals surface area contributed by atoms with Crippen molar-refractivity contribution in [3.05, 3.63) is 64.1 Å². The Morgan fingerprint density at radius 3 is 2.62 bits per heavy atom. The fourth-order valence-electron chi connectivity index (χ4n) is 3.76. The zero-order valence-electron chi connectivity index (χ0n) is 17.5. The lowest BCUT2D eigenvalue weighted by atomic mass is 10.1. The predicted octanol–water partition coefficient (Wildman–Crippen LogP) is 4.06. The summed E-state index contributed by atoms with van der Waals surface area (Å²) in [4.78, 5) is 4.52. The van der Waals surface area contributed by atoms with Crippen molar-refractivity contribution in [2.24, 2.45) is 0 Å². The van der Waals surface area contributed by atoms with E-state index in [-0.39, 0.29) is 0 Å². The first-order valence-corrected chi connectivity index (χ1v) is 9.67. The Morgan fingerprint density at radius 2 is 1.90 bits per heavy atom.